The van der Waals surface area contributed by atoms with Crippen molar-refractivity contribution in [1.82, 2.24) is 9.97 Å². The van der Waals surface area contributed by atoms with Crippen LogP contribution in [-0.2, 0) is 3.74 Å². The van der Waals surface area contributed by atoms with Crippen LogP contribution >= 0.6 is 11.3 Å². The van der Waals surface area contributed by atoms with Crippen LogP contribution in [0.5, 0.6) is 5.75 Å². The van der Waals surface area contributed by atoms with E-state index in [9.17, 15) is 11.9 Å². The molecule has 0 atom stereocenters. The molecule has 3 N–H and O–H groups in total. The molecule has 0 bridgehead atoms. The first kappa shape index (κ1) is 19.7. The molecule has 0 fully saturated rings. The third-order valence-corrected chi connectivity index (χ3v) is 7.24. The van der Waals surface area contributed by atoms with E-state index in [0.29, 0.717) is 18.1 Å². The average molecular weight is 471 g/mol. The molecule has 0 spiro atoms. The molecule has 7 nitrogen and oxygen atoms in total. The van der Waals surface area contributed by atoms with E-state index in [0.717, 1.165) is 27.1 Å². The molecule has 2 heterocycles. The van der Waals surface area contributed by atoms with Gasteiger partial charge in [-0.1, -0.05) is 0 Å². The van der Waals surface area contributed by atoms with E-state index in [-0.39, 0.29) is 4.35 Å². The minimum absolute atomic E-state index is 0.0344. The first-order chi connectivity index (χ1) is 14.0. The number of thiophene rings is 1. The number of aromatic nitrogens is 2. The molecule has 29 heavy (non-hydrogen) atoms. The molecule has 148 valence electrons. The molecule has 0 saturated carbocycles. The molecule has 0 aliphatic rings. The van der Waals surface area contributed by atoms with Crippen LogP contribution in [0.2, 0.25) is 0 Å². The van der Waals surface area contributed by atoms with Crippen LogP contribution < -0.4 is 14.4 Å². The van der Waals surface area contributed by atoms with Crippen LogP contribution in [0, 0.1) is 0 Å². The van der Waals surface area contributed by atoms with Gasteiger partial charge in [0, 0.05) is 0 Å². The normalized spacial score (nSPS) is 11.6. The Bertz CT molecular complexity index is 1190. The molecule has 0 aliphatic heterocycles. The van der Waals surface area contributed by atoms with Crippen molar-refractivity contribution >= 4 is 51.6 Å². The third kappa shape index (κ3) is 4.21. The summed E-state index contributed by atoms with van der Waals surface area (Å²) in [6, 6.07) is 14.0. The molecule has 9 heteroatoms. The average Bonchev–Trinajstić information content (AvgIpc) is 3.14. The summed E-state index contributed by atoms with van der Waals surface area (Å²) in [5, 5.41) is 6.17. The van der Waals surface area contributed by atoms with Crippen LogP contribution in [0.4, 0.5) is 11.5 Å². The van der Waals surface area contributed by atoms with Crippen LogP contribution in [0.25, 0.3) is 21.3 Å². The van der Waals surface area contributed by atoms with Gasteiger partial charge < -0.3 is 4.74 Å². The van der Waals surface area contributed by atoms with Crippen molar-refractivity contribution in [1.29, 1.82) is 0 Å². The molecule has 4 aromatic rings. The van der Waals surface area contributed by atoms with Crippen molar-refractivity contribution in [3.8, 4) is 16.9 Å². The molecular weight excluding hydrogens is 453 g/mol. The van der Waals surface area contributed by atoms with E-state index < -0.39 is 14.2 Å². The Morgan fingerprint density at radius 2 is 1.79 bits per heavy atom. The molecule has 0 unspecified atom stereocenters. The second-order valence-corrected chi connectivity index (χ2v) is 10.4. The fourth-order valence-electron chi connectivity index (χ4n) is 2.96. The van der Waals surface area contributed by atoms with Crippen molar-refractivity contribution in [3.63, 3.8) is 0 Å². The number of ether oxygens (including phenoxy) is 1. The van der Waals surface area contributed by atoms with Gasteiger partial charge in [0.1, 0.15) is 0 Å². The number of nitrogens with one attached hydrogen (secondary N) is 1. The van der Waals surface area contributed by atoms with Gasteiger partial charge in [-0.3, -0.25) is 0 Å². The minimum atomic E-state index is -4.90. The summed E-state index contributed by atoms with van der Waals surface area (Å²) >= 11 is -3.37. The Kier molecular flexibility index (Phi) is 5.43. The maximum absolute atomic E-state index is 11.4. The Hall–Kier alpha value is -2.64. The molecule has 0 amide bonds. The number of rotatable bonds is 6. The molecule has 2 aromatic carbocycles. The number of nitrogens with zero attached hydrogens (tertiary/aromatic N) is 2. The summed E-state index contributed by atoms with van der Waals surface area (Å²) in [7, 11) is 0. The van der Waals surface area contributed by atoms with Gasteiger partial charge in [0.05, 0.1) is 6.61 Å². The van der Waals surface area contributed by atoms with Gasteiger partial charge in [0.2, 0.25) is 0 Å². The van der Waals surface area contributed by atoms with Gasteiger partial charge in [-0.05, 0) is 6.92 Å². The van der Waals surface area contributed by atoms with E-state index in [1.54, 1.807) is 12.1 Å². The Balaban J connectivity index is 1.70. The number of hydrogen-bond donors (Lipinski definition) is 3. The molecule has 4 rings (SSSR count). The maximum atomic E-state index is 11.4. The van der Waals surface area contributed by atoms with E-state index in [1.807, 2.05) is 36.6 Å². The van der Waals surface area contributed by atoms with Crippen LogP contribution in [-0.4, -0.2) is 38.9 Å². The second-order valence-electron chi connectivity index (χ2n) is 6.23. The summed E-state index contributed by atoms with van der Waals surface area (Å²) in [5.41, 5.74) is 2.71. The van der Waals surface area contributed by atoms with E-state index >= 15 is 0 Å². The number of hydrogen-bond acceptors (Lipinski definition) is 6. The summed E-state index contributed by atoms with van der Waals surface area (Å²) in [4.78, 5) is 9.60. The van der Waals surface area contributed by atoms with E-state index in [4.69, 9.17) is 4.74 Å². The molecule has 0 radical (unpaired) electrons. The fraction of sp³-hybridized carbons (Fsp3) is 0.100. The van der Waals surface area contributed by atoms with E-state index in [1.165, 1.54) is 29.8 Å². The number of fused-ring (bicyclic) bond motifs is 1. The standard InChI is InChI=1S/C20H18AsN3O4S/c1-2-28-16-9-3-13(4-10-16)17-11-29-20-18(17)19(22-12-23-20)24-15-7-5-14(6-8-15)21(25,26)27/h3-12H,2H2,1H3,(H,22,23,24)(H2,25,26,27). The van der Waals surface area contributed by atoms with Crippen molar-refractivity contribution in [2.45, 2.75) is 6.92 Å². The molecule has 2 aromatic heterocycles. The van der Waals surface area contributed by atoms with Gasteiger partial charge in [0.25, 0.3) is 0 Å². The van der Waals surface area contributed by atoms with Gasteiger partial charge in [-0.15, -0.1) is 0 Å². The zero-order valence-corrected chi connectivity index (χ0v) is 18.1. The zero-order valence-electron chi connectivity index (χ0n) is 15.4. The summed E-state index contributed by atoms with van der Waals surface area (Å²) in [5.74, 6) is 1.45. The molecular formula is C20H18AsN3O4S. The van der Waals surface area contributed by atoms with Gasteiger partial charge >= 0.3 is 156 Å². The molecule has 0 aliphatic carbocycles. The number of benzene rings is 2. The third-order valence-electron chi connectivity index (χ3n) is 4.31. The monoisotopic (exact) mass is 471 g/mol. The topological polar surface area (TPSA) is 105 Å². The quantitative estimate of drug-likeness (QED) is 0.372. The first-order valence-electron chi connectivity index (χ1n) is 8.84. The molecule has 0 saturated heterocycles. The summed E-state index contributed by atoms with van der Waals surface area (Å²) in [6.45, 7) is 2.56. The SMILES string of the molecule is CCOc1ccc(-c2csc3ncnc(Nc4ccc([As](=O)(O)O)cc4)c23)cc1. The van der Waals surface area contributed by atoms with Crippen LogP contribution in [0.1, 0.15) is 6.92 Å². The van der Waals surface area contributed by atoms with Crippen LogP contribution in [0.3, 0.4) is 0 Å². The van der Waals surface area contributed by atoms with Crippen molar-refractivity contribution < 1.29 is 16.7 Å². The predicted molar refractivity (Wildman–Crippen MR) is 114 cm³/mol. The predicted octanol–water partition coefficient (Wildman–Crippen LogP) is 3.06. The van der Waals surface area contributed by atoms with Gasteiger partial charge in [0.15, 0.2) is 0 Å². The Morgan fingerprint density at radius 1 is 1.07 bits per heavy atom. The second kappa shape index (κ2) is 8.00. The van der Waals surface area contributed by atoms with Crippen molar-refractivity contribution in [2.24, 2.45) is 0 Å². The summed E-state index contributed by atoms with van der Waals surface area (Å²) in [6.07, 6.45) is 1.50. The van der Waals surface area contributed by atoms with Crippen molar-refractivity contribution in [2.75, 3.05) is 11.9 Å². The van der Waals surface area contributed by atoms with Crippen molar-refractivity contribution in [3.05, 3.63) is 60.2 Å². The zero-order chi connectivity index (χ0) is 20.4. The Morgan fingerprint density at radius 3 is 2.45 bits per heavy atom. The van der Waals surface area contributed by atoms with Gasteiger partial charge in [-0.25, -0.2) is 0 Å². The van der Waals surface area contributed by atoms with Gasteiger partial charge in [-0.2, -0.15) is 0 Å². The summed E-state index contributed by atoms with van der Waals surface area (Å²) < 4.78 is 35.6. The number of anilines is 2. The van der Waals surface area contributed by atoms with E-state index in [2.05, 4.69) is 15.3 Å². The van der Waals surface area contributed by atoms with Crippen LogP contribution in [0.15, 0.2) is 60.2 Å². The Labute approximate surface area is 174 Å². The first-order valence-corrected chi connectivity index (χ1v) is 13.1. The fourth-order valence-corrected chi connectivity index (χ4v) is 5.00.